The minimum absolute atomic E-state index is 0.0524. The highest BCUT2D eigenvalue weighted by Crippen LogP contribution is 2.37. The van der Waals surface area contributed by atoms with E-state index in [9.17, 15) is 23.6 Å². The molecule has 1 aromatic rings. The van der Waals surface area contributed by atoms with Crippen molar-refractivity contribution >= 4 is 29.7 Å². The first-order valence-electron chi connectivity index (χ1n) is 7.87. The van der Waals surface area contributed by atoms with E-state index in [1.165, 1.54) is 6.07 Å². The summed E-state index contributed by atoms with van der Waals surface area (Å²) in [5.41, 5.74) is 0.839. The van der Waals surface area contributed by atoms with Gasteiger partial charge < -0.3 is 20.8 Å². The number of aryl methyl sites for hydroxylation is 1. The Hall–Kier alpha value is -3.17. The maximum atomic E-state index is 14.3. The lowest BCUT2D eigenvalue weighted by Crippen LogP contribution is -2.42. The molecule has 0 aromatic heterocycles. The highest BCUT2D eigenvalue weighted by Gasteiger charge is 2.36. The smallest absolute Gasteiger partial charge is 0.414 e. The van der Waals surface area contributed by atoms with Crippen molar-refractivity contribution in [2.24, 2.45) is 0 Å². The van der Waals surface area contributed by atoms with Gasteiger partial charge in [-0.15, -0.1) is 0 Å². The van der Waals surface area contributed by atoms with Crippen molar-refractivity contribution in [2.45, 2.75) is 25.7 Å². The van der Waals surface area contributed by atoms with E-state index < -0.39 is 42.3 Å². The Morgan fingerprint density at radius 1 is 1.27 bits per heavy atom. The number of carboxylic acids is 1. The Kier molecular flexibility index (Phi) is 5.75. The Labute approximate surface area is 147 Å². The summed E-state index contributed by atoms with van der Waals surface area (Å²) in [5, 5.41) is 22.6. The number of anilines is 1. The van der Waals surface area contributed by atoms with Crippen molar-refractivity contribution in [1.82, 2.24) is 10.2 Å². The first kappa shape index (κ1) is 19.2. The van der Waals surface area contributed by atoms with E-state index in [1.807, 2.05) is 0 Å². The number of imide groups is 1. The van der Waals surface area contributed by atoms with Gasteiger partial charge >= 0.3 is 18.1 Å². The maximum absolute atomic E-state index is 14.3. The summed E-state index contributed by atoms with van der Waals surface area (Å²) in [7, 11) is 0. The van der Waals surface area contributed by atoms with Crippen LogP contribution < -0.4 is 10.6 Å². The molecule has 0 bridgehead atoms. The fourth-order valence-electron chi connectivity index (χ4n) is 2.87. The third-order valence-electron chi connectivity index (χ3n) is 3.98. The van der Waals surface area contributed by atoms with E-state index in [-0.39, 0.29) is 17.0 Å². The van der Waals surface area contributed by atoms with E-state index in [4.69, 9.17) is 10.2 Å². The largest absolute Gasteiger partial charge is 0.480 e. The van der Waals surface area contributed by atoms with Gasteiger partial charge in [-0.2, -0.15) is 0 Å². The number of hydrogen-bond acceptors (Lipinski definition) is 4. The number of carbonyl (C=O) groups is 4. The summed E-state index contributed by atoms with van der Waals surface area (Å²) in [6, 6.07) is 1.90. The van der Waals surface area contributed by atoms with Gasteiger partial charge in [-0.3, -0.25) is 9.59 Å². The van der Waals surface area contributed by atoms with Crippen molar-refractivity contribution in [2.75, 3.05) is 18.4 Å². The fraction of sp³-hybridized carbons (Fsp3) is 0.375. The van der Waals surface area contributed by atoms with Crippen molar-refractivity contribution in [3.05, 3.63) is 29.1 Å². The first-order valence-corrected chi connectivity index (χ1v) is 7.87. The lowest BCUT2D eigenvalue weighted by Gasteiger charge is -2.20. The molecule has 1 atom stereocenters. The number of aliphatic carboxylic acids is 1. The van der Waals surface area contributed by atoms with E-state index >= 15 is 0 Å². The lowest BCUT2D eigenvalue weighted by molar-refractivity contribution is -0.143. The van der Waals surface area contributed by atoms with Crippen molar-refractivity contribution in [3.63, 3.8) is 0 Å². The highest BCUT2D eigenvalue weighted by atomic mass is 19.1. The second-order valence-electron chi connectivity index (χ2n) is 5.71. The molecule has 0 aliphatic heterocycles. The van der Waals surface area contributed by atoms with Crippen molar-refractivity contribution in [1.29, 1.82) is 0 Å². The van der Waals surface area contributed by atoms with Gasteiger partial charge in [0.25, 0.3) is 0 Å². The molecule has 1 aliphatic carbocycles. The molecule has 9 nitrogen and oxygen atoms in total. The zero-order valence-electron chi connectivity index (χ0n) is 13.9. The fourth-order valence-corrected chi connectivity index (χ4v) is 2.87. The number of halogens is 1. The van der Waals surface area contributed by atoms with Crippen LogP contribution in [0.25, 0.3) is 0 Å². The summed E-state index contributed by atoms with van der Waals surface area (Å²) < 4.78 is 14.3. The molecule has 0 radical (unpaired) electrons. The van der Waals surface area contributed by atoms with Crippen LogP contribution in [0.4, 0.5) is 19.7 Å². The predicted molar refractivity (Wildman–Crippen MR) is 87.5 cm³/mol. The van der Waals surface area contributed by atoms with Crippen LogP contribution in [0, 0.1) is 5.82 Å². The number of carboxylic acid groups (broad SMARTS) is 2. The molecule has 26 heavy (non-hydrogen) atoms. The average molecular weight is 367 g/mol. The van der Waals surface area contributed by atoms with Gasteiger partial charge in [-0.1, -0.05) is 0 Å². The van der Waals surface area contributed by atoms with Gasteiger partial charge in [0.05, 0.1) is 11.6 Å². The molecular weight excluding hydrogens is 349 g/mol. The van der Waals surface area contributed by atoms with E-state index in [0.29, 0.717) is 24.1 Å². The van der Waals surface area contributed by atoms with Crippen LogP contribution in [0.15, 0.2) is 12.1 Å². The van der Waals surface area contributed by atoms with Gasteiger partial charge in [-0.25, -0.2) is 18.9 Å². The molecule has 0 spiro atoms. The zero-order chi connectivity index (χ0) is 19.4. The Morgan fingerprint density at radius 3 is 2.54 bits per heavy atom. The monoisotopic (exact) mass is 367 g/mol. The Morgan fingerprint density at radius 2 is 1.96 bits per heavy atom. The summed E-state index contributed by atoms with van der Waals surface area (Å²) in [6.45, 7) is 1.09. The Bertz CT molecular complexity index is 767. The zero-order valence-corrected chi connectivity index (χ0v) is 13.9. The first-order chi connectivity index (χ1) is 12.2. The van der Waals surface area contributed by atoms with Crippen LogP contribution >= 0.6 is 0 Å². The van der Waals surface area contributed by atoms with Gasteiger partial charge in [0.2, 0.25) is 5.91 Å². The topological polar surface area (TPSA) is 136 Å². The molecule has 1 unspecified atom stereocenters. The molecule has 0 saturated heterocycles. The molecule has 1 aromatic carbocycles. The molecule has 140 valence electrons. The molecule has 0 saturated carbocycles. The standard InChI is InChI=1S/C16H18FN3O6/c1-2-18-15(24)19-12-5-8-3-4-9(10(8)6-11(12)17)14(23)20(16(25)26)7-13(21)22/h5-6,9H,2-4,7H2,1H3,(H,21,22)(H,25,26)(H2,18,19,24). The summed E-state index contributed by atoms with van der Waals surface area (Å²) in [6.07, 6.45) is -1.08. The summed E-state index contributed by atoms with van der Waals surface area (Å²) in [4.78, 5) is 46.1. The highest BCUT2D eigenvalue weighted by molar-refractivity contribution is 5.98. The van der Waals surface area contributed by atoms with E-state index in [2.05, 4.69) is 10.6 Å². The number of urea groups is 1. The van der Waals surface area contributed by atoms with Crippen LogP contribution in [-0.2, 0) is 16.0 Å². The van der Waals surface area contributed by atoms with E-state index in [1.54, 1.807) is 6.92 Å². The van der Waals surface area contributed by atoms with Gasteiger partial charge in [0.15, 0.2) is 0 Å². The number of hydrogen-bond donors (Lipinski definition) is 4. The number of amides is 4. The quantitative estimate of drug-likeness (QED) is 0.624. The third-order valence-corrected chi connectivity index (χ3v) is 3.98. The summed E-state index contributed by atoms with van der Waals surface area (Å²) in [5.74, 6) is -4.10. The maximum Gasteiger partial charge on any atom is 0.414 e. The summed E-state index contributed by atoms with van der Waals surface area (Å²) >= 11 is 0. The molecular formula is C16H18FN3O6. The molecule has 0 heterocycles. The predicted octanol–water partition coefficient (Wildman–Crippen LogP) is 1.59. The minimum Gasteiger partial charge on any atom is -0.480 e. The number of nitrogens with one attached hydrogen (secondary N) is 2. The molecule has 4 N–H and O–H groups in total. The number of fused-ring (bicyclic) bond motifs is 1. The second kappa shape index (κ2) is 7.81. The molecule has 4 amide bonds. The number of rotatable bonds is 5. The lowest BCUT2D eigenvalue weighted by atomic mass is 9.99. The van der Waals surface area contributed by atoms with Gasteiger partial charge in [0.1, 0.15) is 12.4 Å². The van der Waals surface area contributed by atoms with E-state index in [0.717, 1.165) is 6.07 Å². The molecule has 10 heteroatoms. The van der Waals surface area contributed by atoms with Gasteiger partial charge in [-0.05, 0) is 43.0 Å². The minimum atomic E-state index is -1.68. The Balaban J connectivity index is 2.27. The van der Waals surface area contributed by atoms with Gasteiger partial charge in [0, 0.05) is 6.54 Å². The molecule has 1 aliphatic rings. The number of nitrogens with zero attached hydrogens (tertiary/aromatic N) is 1. The van der Waals surface area contributed by atoms with Crippen LogP contribution in [-0.4, -0.2) is 52.2 Å². The molecule has 2 rings (SSSR count). The van der Waals surface area contributed by atoms with Crippen molar-refractivity contribution < 1.29 is 33.8 Å². The SMILES string of the molecule is CCNC(=O)Nc1cc2c(cc1F)C(C(=O)N(CC(=O)O)C(=O)O)CC2. The average Bonchev–Trinajstić information content (AvgIpc) is 2.94. The van der Waals surface area contributed by atoms with Crippen molar-refractivity contribution in [3.8, 4) is 0 Å². The van der Waals surface area contributed by atoms with Crippen LogP contribution in [0.1, 0.15) is 30.4 Å². The van der Waals surface area contributed by atoms with Crippen LogP contribution in [0.3, 0.4) is 0 Å². The van der Waals surface area contributed by atoms with Crippen LogP contribution in [0.5, 0.6) is 0 Å². The van der Waals surface area contributed by atoms with Crippen LogP contribution in [0.2, 0.25) is 0 Å². The third kappa shape index (κ3) is 4.08. The number of carbonyl (C=O) groups excluding carboxylic acids is 2. The molecule has 0 fully saturated rings. The normalized spacial score (nSPS) is 15.1. The second-order valence-corrected chi connectivity index (χ2v) is 5.71. The number of benzene rings is 1.